The SMILES string of the molecule is CNc1cncc(C(=O)N2CCC[C@@H](Nc3c(C(=O)N4CCc5ccsc5C4)cc(Br)cc3[N+](=O)[O-])C2)c1. The number of carbonyl (C=O) groups is 2. The van der Waals surface area contributed by atoms with Gasteiger partial charge in [0.15, 0.2) is 0 Å². The lowest BCUT2D eigenvalue weighted by Crippen LogP contribution is -2.45. The van der Waals surface area contributed by atoms with Gasteiger partial charge in [-0.3, -0.25) is 24.7 Å². The Morgan fingerprint density at radius 1 is 1.18 bits per heavy atom. The number of rotatable bonds is 6. The van der Waals surface area contributed by atoms with Crippen molar-refractivity contribution in [3.05, 3.63) is 78.2 Å². The lowest BCUT2D eigenvalue weighted by Gasteiger charge is -2.34. The van der Waals surface area contributed by atoms with E-state index in [-0.39, 0.29) is 34.8 Å². The predicted molar refractivity (Wildman–Crippen MR) is 150 cm³/mol. The molecule has 5 rings (SSSR count). The maximum atomic E-state index is 13.7. The summed E-state index contributed by atoms with van der Waals surface area (Å²) in [5, 5.41) is 20.4. The zero-order valence-corrected chi connectivity index (χ0v) is 23.2. The zero-order chi connectivity index (χ0) is 26.8. The quantitative estimate of drug-likeness (QED) is 0.309. The van der Waals surface area contributed by atoms with Gasteiger partial charge in [0.05, 0.1) is 28.3 Å². The summed E-state index contributed by atoms with van der Waals surface area (Å²) < 4.78 is 0.462. The number of hydrogen-bond acceptors (Lipinski definition) is 8. The van der Waals surface area contributed by atoms with Crippen LogP contribution in [0.1, 0.15) is 44.0 Å². The Hall–Kier alpha value is -3.51. The summed E-state index contributed by atoms with van der Waals surface area (Å²) >= 11 is 4.97. The molecule has 0 bridgehead atoms. The average molecular weight is 600 g/mol. The molecule has 2 aromatic heterocycles. The molecule has 0 radical (unpaired) electrons. The number of carbonyl (C=O) groups excluding carboxylic acids is 2. The van der Waals surface area contributed by atoms with Crippen LogP contribution in [0.3, 0.4) is 0 Å². The second kappa shape index (κ2) is 11.1. The first-order chi connectivity index (χ1) is 18.3. The van der Waals surface area contributed by atoms with Crippen molar-refractivity contribution in [3.8, 4) is 0 Å². The largest absolute Gasteiger partial charge is 0.387 e. The molecular formula is C26H27BrN6O4S. The highest BCUT2D eigenvalue weighted by atomic mass is 79.9. The summed E-state index contributed by atoms with van der Waals surface area (Å²) in [6.07, 6.45) is 5.37. The minimum atomic E-state index is -0.474. The molecule has 3 aromatic rings. The number of anilines is 2. The van der Waals surface area contributed by atoms with Gasteiger partial charge in [-0.2, -0.15) is 0 Å². The van der Waals surface area contributed by atoms with Crippen molar-refractivity contribution in [2.24, 2.45) is 0 Å². The van der Waals surface area contributed by atoms with Gasteiger partial charge in [-0.1, -0.05) is 15.9 Å². The number of nitrogens with zero attached hydrogens (tertiary/aromatic N) is 4. The number of nitro benzene ring substituents is 1. The van der Waals surface area contributed by atoms with Gasteiger partial charge in [-0.15, -0.1) is 11.3 Å². The van der Waals surface area contributed by atoms with E-state index in [4.69, 9.17) is 0 Å². The zero-order valence-electron chi connectivity index (χ0n) is 20.8. The fourth-order valence-electron chi connectivity index (χ4n) is 5.00. The van der Waals surface area contributed by atoms with E-state index in [0.717, 1.165) is 23.4 Å². The van der Waals surface area contributed by atoms with Crippen molar-refractivity contribution in [2.45, 2.75) is 31.8 Å². The molecule has 0 saturated carbocycles. The molecular weight excluding hydrogens is 572 g/mol. The molecule has 4 heterocycles. The molecule has 2 aliphatic rings. The third-order valence-electron chi connectivity index (χ3n) is 6.95. The number of fused-ring (bicyclic) bond motifs is 1. The molecule has 10 nitrogen and oxygen atoms in total. The van der Waals surface area contributed by atoms with Gasteiger partial charge in [0.1, 0.15) is 5.69 Å². The summed E-state index contributed by atoms with van der Waals surface area (Å²) in [6, 6.07) is 6.63. The molecule has 1 aromatic carbocycles. The number of piperidine rings is 1. The minimum absolute atomic E-state index is 0.150. The normalized spacial score (nSPS) is 17.1. The molecule has 1 atom stereocenters. The van der Waals surface area contributed by atoms with E-state index in [1.54, 1.807) is 46.5 Å². The number of halogens is 1. The first kappa shape index (κ1) is 26.1. The smallest absolute Gasteiger partial charge is 0.294 e. The molecule has 1 fully saturated rings. The van der Waals surface area contributed by atoms with E-state index >= 15 is 0 Å². The van der Waals surface area contributed by atoms with Crippen molar-refractivity contribution in [2.75, 3.05) is 37.3 Å². The van der Waals surface area contributed by atoms with E-state index in [1.165, 1.54) is 17.8 Å². The molecule has 1 saturated heterocycles. The molecule has 2 aliphatic heterocycles. The topological polar surface area (TPSA) is 121 Å². The monoisotopic (exact) mass is 598 g/mol. The Morgan fingerprint density at radius 3 is 2.82 bits per heavy atom. The summed E-state index contributed by atoms with van der Waals surface area (Å²) in [5.74, 6) is -0.405. The van der Waals surface area contributed by atoms with Crippen LogP contribution in [-0.2, 0) is 13.0 Å². The van der Waals surface area contributed by atoms with Crippen LogP contribution in [0.25, 0.3) is 0 Å². The number of benzene rings is 1. The number of aromatic nitrogens is 1. The Bertz CT molecular complexity index is 1400. The number of nitro groups is 1. The first-order valence-electron chi connectivity index (χ1n) is 12.3. The Labute approximate surface area is 232 Å². The molecule has 0 spiro atoms. The second-order valence-electron chi connectivity index (χ2n) is 9.40. The highest BCUT2D eigenvalue weighted by molar-refractivity contribution is 9.10. The van der Waals surface area contributed by atoms with Gasteiger partial charge >= 0.3 is 0 Å². The molecule has 2 amide bonds. The van der Waals surface area contributed by atoms with Gasteiger partial charge < -0.3 is 20.4 Å². The third-order valence-corrected chi connectivity index (χ3v) is 8.36. The number of nitrogens with one attached hydrogen (secondary N) is 2. The van der Waals surface area contributed by atoms with Crippen molar-refractivity contribution in [1.82, 2.24) is 14.8 Å². The third kappa shape index (κ3) is 5.37. The van der Waals surface area contributed by atoms with Gasteiger partial charge in [-0.05, 0) is 48.4 Å². The number of thiophene rings is 1. The molecule has 38 heavy (non-hydrogen) atoms. The van der Waals surface area contributed by atoms with Crippen molar-refractivity contribution in [1.29, 1.82) is 0 Å². The molecule has 12 heteroatoms. The second-order valence-corrected chi connectivity index (χ2v) is 11.3. The fraction of sp³-hybridized carbons (Fsp3) is 0.346. The molecule has 2 N–H and O–H groups in total. The van der Waals surface area contributed by atoms with Crippen LogP contribution in [0.15, 0.2) is 46.5 Å². The fourth-order valence-corrected chi connectivity index (χ4v) is 6.39. The van der Waals surface area contributed by atoms with E-state index in [1.807, 2.05) is 5.38 Å². The molecule has 0 aliphatic carbocycles. The van der Waals surface area contributed by atoms with E-state index in [0.29, 0.717) is 42.6 Å². The van der Waals surface area contributed by atoms with Gasteiger partial charge in [0.25, 0.3) is 17.5 Å². The van der Waals surface area contributed by atoms with Crippen LogP contribution < -0.4 is 10.6 Å². The Balaban J connectivity index is 1.40. The Morgan fingerprint density at radius 2 is 2.03 bits per heavy atom. The lowest BCUT2D eigenvalue weighted by molar-refractivity contribution is -0.384. The van der Waals surface area contributed by atoms with Crippen molar-refractivity contribution >= 4 is 56.1 Å². The van der Waals surface area contributed by atoms with Crippen molar-refractivity contribution in [3.63, 3.8) is 0 Å². The van der Waals surface area contributed by atoms with Gasteiger partial charge in [0.2, 0.25) is 0 Å². The van der Waals surface area contributed by atoms with E-state index < -0.39 is 4.92 Å². The summed E-state index contributed by atoms with van der Waals surface area (Å²) in [4.78, 5) is 47.2. The van der Waals surface area contributed by atoms with Crippen LogP contribution in [0.2, 0.25) is 0 Å². The maximum Gasteiger partial charge on any atom is 0.294 e. The van der Waals surface area contributed by atoms with Crippen LogP contribution in [0, 0.1) is 10.1 Å². The Kier molecular flexibility index (Phi) is 7.61. The standard InChI is InChI=1S/C26H27BrN6O4S/c1-28-20-9-17(12-29-13-20)25(34)31-6-2-3-19(14-31)30-24-21(10-18(27)11-22(24)33(36)37)26(35)32-7-4-16-5-8-38-23(16)15-32/h5,8-13,19,28,30H,2-4,6-7,14-15H2,1H3/t19-/m1/s1. The maximum absolute atomic E-state index is 13.7. The summed E-state index contributed by atoms with van der Waals surface area (Å²) in [5.41, 5.74) is 2.73. The van der Waals surface area contributed by atoms with E-state index in [2.05, 4.69) is 37.6 Å². The van der Waals surface area contributed by atoms with Crippen LogP contribution in [0.5, 0.6) is 0 Å². The van der Waals surface area contributed by atoms with Crippen molar-refractivity contribution < 1.29 is 14.5 Å². The predicted octanol–water partition coefficient (Wildman–Crippen LogP) is 4.77. The minimum Gasteiger partial charge on any atom is -0.387 e. The summed E-state index contributed by atoms with van der Waals surface area (Å²) in [7, 11) is 1.76. The molecule has 0 unspecified atom stereocenters. The van der Waals surface area contributed by atoms with Crippen LogP contribution >= 0.6 is 27.3 Å². The highest BCUT2D eigenvalue weighted by Gasteiger charge is 2.32. The first-order valence-corrected chi connectivity index (χ1v) is 14.0. The van der Waals surface area contributed by atoms with Gasteiger partial charge in [0, 0.05) is 60.5 Å². The highest BCUT2D eigenvalue weighted by Crippen LogP contribution is 2.36. The molecule has 198 valence electrons. The number of pyridine rings is 1. The number of amides is 2. The number of hydrogen-bond donors (Lipinski definition) is 2. The van der Waals surface area contributed by atoms with Gasteiger partial charge in [-0.25, -0.2) is 0 Å². The van der Waals surface area contributed by atoms with E-state index in [9.17, 15) is 19.7 Å². The van der Waals surface area contributed by atoms with Crippen LogP contribution in [-0.4, -0.2) is 64.2 Å². The number of likely N-dealkylation sites (tertiary alicyclic amines) is 1. The summed E-state index contributed by atoms with van der Waals surface area (Å²) in [6.45, 7) is 1.96. The lowest BCUT2D eigenvalue weighted by atomic mass is 10.0. The van der Waals surface area contributed by atoms with Crippen LogP contribution in [0.4, 0.5) is 17.1 Å². The average Bonchev–Trinajstić information content (AvgIpc) is 3.41.